The van der Waals surface area contributed by atoms with Crippen molar-refractivity contribution in [3.05, 3.63) is 22.7 Å². The predicted octanol–water partition coefficient (Wildman–Crippen LogP) is 2.61. The van der Waals surface area contributed by atoms with Crippen LogP contribution in [-0.2, 0) is 20.7 Å². The van der Waals surface area contributed by atoms with Crippen LogP contribution >= 0.6 is 11.3 Å². The Kier molecular flexibility index (Phi) is 6.04. The zero-order valence-corrected chi connectivity index (χ0v) is 18.4. The first-order valence-electron chi connectivity index (χ1n) is 11.2. The van der Waals surface area contributed by atoms with Crippen LogP contribution in [0.1, 0.15) is 38.0 Å². The molecule has 2 aromatic rings. The molecule has 2 unspecified atom stereocenters. The minimum Gasteiger partial charge on any atom is -0.381 e. The van der Waals surface area contributed by atoms with Gasteiger partial charge in [0.25, 0.3) is 0 Å². The summed E-state index contributed by atoms with van der Waals surface area (Å²) in [4.78, 5) is 34.2. The summed E-state index contributed by atoms with van der Waals surface area (Å²) in [6, 6.07) is 2.20. The van der Waals surface area contributed by atoms with E-state index in [2.05, 4.69) is 10.1 Å². The van der Waals surface area contributed by atoms with Crippen molar-refractivity contribution >= 4 is 23.2 Å². The zero-order chi connectivity index (χ0) is 21.2. The number of thiophene rings is 1. The molecule has 5 rings (SSSR count). The van der Waals surface area contributed by atoms with E-state index in [0.29, 0.717) is 56.8 Å². The van der Waals surface area contributed by atoms with Crippen LogP contribution in [0.3, 0.4) is 0 Å². The van der Waals surface area contributed by atoms with Gasteiger partial charge in [0, 0.05) is 62.7 Å². The maximum absolute atomic E-state index is 13.2. The predicted molar refractivity (Wildman–Crippen MR) is 114 cm³/mol. The Labute approximate surface area is 185 Å². The van der Waals surface area contributed by atoms with E-state index in [9.17, 15) is 9.59 Å². The third kappa shape index (κ3) is 4.52. The summed E-state index contributed by atoms with van der Waals surface area (Å²) in [5.74, 6) is 1.57. The number of rotatable bonds is 5. The number of ether oxygens (including phenoxy) is 1. The molecule has 31 heavy (non-hydrogen) atoms. The lowest BCUT2D eigenvalue weighted by molar-refractivity contribution is -0.137. The summed E-state index contributed by atoms with van der Waals surface area (Å²) in [5, 5.41) is 8.09. The van der Waals surface area contributed by atoms with Crippen molar-refractivity contribution in [2.45, 2.75) is 44.6 Å². The highest BCUT2D eigenvalue weighted by Crippen LogP contribution is 2.29. The zero-order valence-electron chi connectivity index (χ0n) is 17.6. The summed E-state index contributed by atoms with van der Waals surface area (Å²) in [6.45, 7) is 3.41. The van der Waals surface area contributed by atoms with E-state index in [1.54, 1.807) is 11.3 Å². The molecule has 3 aliphatic heterocycles. The van der Waals surface area contributed by atoms with Gasteiger partial charge in [0.2, 0.25) is 23.5 Å². The molecule has 3 saturated heterocycles. The second kappa shape index (κ2) is 9.08. The van der Waals surface area contributed by atoms with Crippen LogP contribution in [0.25, 0.3) is 11.4 Å². The van der Waals surface area contributed by atoms with Crippen molar-refractivity contribution in [2.24, 2.45) is 11.8 Å². The Bertz CT molecular complexity index is 909. The van der Waals surface area contributed by atoms with E-state index < -0.39 is 0 Å². The summed E-state index contributed by atoms with van der Waals surface area (Å²) < 4.78 is 10.9. The molecular formula is C22H28N4O4S. The number of piperidine rings is 1. The lowest BCUT2D eigenvalue weighted by atomic mass is 9.93. The van der Waals surface area contributed by atoms with Crippen molar-refractivity contribution < 1.29 is 18.8 Å². The van der Waals surface area contributed by atoms with Gasteiger partial charge >= 0.3 is 0 Å². The summed E-state index contributed by atoms with van der Waals surface area (Å²) in [5.41, 5.74) is 0.973. The fourth-order valence-corrected chi connectivity index (χ4v) is 5.66. The largest absolute Gasteiger partial charge is 0.381 e. The Balaban J connectivity index is 1.17. The molecule has 2 amide bonds. The molecule has 3 aliphatic rings. The van der Waals surface area contributed by atoms with E-state index in [4.69, 9.17) is 9.26 Å². The highest BCUT2D eigenvalue weighted by Gasteiger charge is 2.40. The summed E-state index contributed by atoms with van der Waals surface area (Å²) in [6.07, 6.45) is 4.76. The number of carbonyl (C=O) groups is 2. The number of hydrogen-bond donors (Lipinski definition) is 0. The van der Waals surface area contributed by atoms with Gasteiger partial charge in [-0.25, -0.2) is 0 Å². The number of aromatic nitrogens is 2. The fourth-order valence-electron chi connectivity index (χ4n) is 5.03. The standard InChI is InChI=1S/C22H28N4O4S/c27-20-11-17(13-26(20)18-3-7-29-8-4-18)22(28)25-6-1-2-15(12-25)10-19-23-21(24-30-19)16-5-9-31-14-16/h5,9,14-15,17-18H,1-4,6-8,10-13H2. The number of hydrogen-bond acceptors (Lipinski definition) is 7. The molecular weight excluding hydrogens is 416 g/mol. The van der Waals surface area contributed by atoms with E-state index in [-0.39, 0.29) is 23.8 Å². The maximum Gasteiger partial charge on any atom is 0.228 e. The van der Waals surface area contributed by atoms with Crippen LogP contribution in [-0.4, -0.2) is 70.6 Å². The Morgan fingerprint density at radius 3 is 2.90 bits per heavy atom. The molecule has 0 spiro atoms. The van der Waals surface area contributed by atoms with Crippen LogP contribution in [0, 0.1) is 11.8 Å². The van der Waals surface area contributed by atoms with Gasteiger partial charge in [0.1, 0.15) is 0 Å². The van der Waals surface area contributed by atoms with Crippen LogP contribution < -0.4 is 0 Å². The van der Waals surface area contributed by atoms with Crippen molar-refractivity contribution in [1.82, 2.24) is 19.9 Å². The van der Waals surface area contributed by atoms with Gasteiger partial charge in [-0.1, -0.05) is 5.16 Å². The second-order valence-electron chi connectivity index (χ2n) is 8.81. The molecule has 0 aliphatic carbocycles. The average molecular weight is 445 g/mol. The van der Waals surface area contributed by atoms with Crippen molar-refractivity contribution in [3.8, 4) is 11.4 Å². The first-order chi connectivity index (χ1) is 15.2. The Hall–Kier alpha value is -2.26. The molecule has 0 radical (unpaired) electrons. The SMILES string of the molecule is O=C(C1CC(=O)N(C2CCOCC2)C1)N1CCCC(Cc2nc(-c3ccsc3)no2)C1. The lowest BCUT2D eigenvalue weighted by Gasteiger charge is -2.34. The molecule has 0 saturated carbocycles. The molecule has 166 valence electrons. The topological polar surface area (TPSA) is 88.8 Å². The van der Waals surface area contributed by atoms with Crippen LogP contribution in [0.15, 0.2) is 21.3 Å². The number of likely N-dealkylation sites (tertiary alicyclic amines) is 2. The third-order valence-electron chi connectivity index (χ3n) is 6.68. The highest BCUT2D eigenvalue weighted by atomic mass is 32.1. The van der Waals surface area contributed by atoms with Crippen molar-refractivity contribution in [2.75, 3.05) is 32.8 Å². The average Bonchev–Trinajstić information content (AvgIpc) is 3.55. The van der Waals surface area contributed by atoms with Gasteiger partial charge in [0.15, 0.2) is 0 Å². The molecule has 0 bridgehead atoms. The smallest absolute Gasteiger partial charge is 0.228 e. The minimum absolute atomic E-state index is 0.116. The molecule has 0 aromatic carbocycles. The third-order valence-corrected chi connectivity index (χ3v) is 7.36. The fraction of sp³-hybridized carbons (Fsp3) is 0.636. The van der Waals surface area contributed by atoms with E-state index >= 15 is 0 Å². The summed E-state index contributed by atoms with van der Waals surface area (Å²) in [7, 11) is 0. The molecule has 5 heterocycles. The van der Waals surface area contributed by atoms with E-state index in [1.165, 1.54) is 0 Å². The summed E-state index contributed by atoms with van der Waals surface area (Å²) >= 11 is 1.60. The quantitative estimate of drug-likeness (QED) is 0.704. The van der Waals surface area contributed by atoms with Gasteiger partial charge in [-0.2, -0.15) is 16.3 Å². The van der Waals surface area contributed by atoms with Gasteiger partial charge in [-0.15, -0.1) is 0 Å². The van der Waals surface area contributed by atoms with Gasteiger partial charge in [-0.05, 0) is 43.0 Å². The number of amides is 2. The van der Waals surface area contributed by atoms with Crippen LogP contribution in [0.4, 0.5) is 0 Å². The molecule has 3 fully saturated rings. The van der Waals surface area contributed by atoms with Gasteiger partial charge in [-0.3, -0.25) is 9.59 Å². The number of carbonyl (C=O) groups excluding carboxylic acids is 2. The van der Waals surface area contributed by atoms with Crippen LogP contribution in [0.2, 0.25) is 0 Å². The molecule has 2 aromatic heterocycles. The Morgan fingerprint density at radius 1 is 1.23 bits per heavy atom. The second-order valence-corrected chi connectivity index (χ2v) is 9.59. The number of nitrogens with zero attached hydrogens (tertiary/aromatic N) is 4. The molecule has 0 N–H and O–H groups in total. The monoisotopic (exact) mass is 444 g/mol. The van der Waals surface area contributed by atoms with Crippen molar-refractivity contribution in [3.63, 3.8) is 0 Å². The normalized spacial score (nSPS) is 25.4. The van der Waals surface area contributed by atoms with E-state index in [0.717, 1.165) is 37.8 Å². The van der Waals surface area contributed by atoms with Crippen LogP contribution in [0.5, 0.6) is 0 Å². The Morgan fingerprint density at radius 2 is 2.10 bits per heavy atom. The molecule has 8 nitrogen and oxygen atoms in total. The minimum atomic E-state index is -0.220. The van der Waals surface area contributed by atoms with E-state index in [1.807, 2.05) is 26.6 Å². The lowest BCUT2D eigenvalue weighted by Crippen LogP contribution is -2.45. The first kappa shape index (κ1) is 20.6. The first-order valence-corrected chi connectivity index (χ1v) is 12.1. The van der Waals surface area contributed by atoms with Crippen molar-refractivity contribution in [1.29, 1.82) is 0 Å². The highest BCUT2D eigenvalue weighted by molar-refractivity contribution is 7.08. The maximum atomic E-state index is 13.2. The van der Waals surface area contributed by atoms with Gasteiger partial charge < -0.3 is 19.1 Å². The van der Waals surface area contributed by atoms with Gasteiger partial charge in [0.05, 0.1) is 5.92 Å². The molecule has 2 atom stereocenters. The molecule has 9 heteroatoms.